The topological polar surface area (TPSA) is 67.6 Å². The molecule has 1 aliphatic rings. The summed E-state index contributed by atoms with van der Waals surface area (Å²) >= 11 is 6.19. The molecule has 6 nitrogen and oxygen atoms in total. The van der Waals surface area contributed by atoms with Crippen molar-refractivity contribution >= 4 is 17.5 Å². The van der Waals surface area contributed by atoms with Gasteiger partial charge in [0.15, 0.2) is 17.8 Å². The first-order valence-electron chi connectivity index (χ1n) is 8.28. The molecule has 7 heteroatoms. The van der Waals surface area contributed by atoms with Crippen LogP contribution in [-0.4, -0.2) is 54.2 Å². The minimum Gasteiger partial charge on any atom is -0.443 e. The van der Waals surface area contributed by atoms with Crippen LogP contribution in [0.1, 0.15) is 24.3 Å². The fourth-order valence-electron chi connectivity index (χ4n) is 2.94. The number of aromatic nitrogens is 1. The van der Waals surface area contributed by atoms with Crippen LogP contribution in [0.25, 0.3) is 11.3 Å². The lowest BCUT2D eigenvalue weighted by Crippen LogP contribution is -2.54. The Morgan fingerprint density at radius 2 is 2.20 bits per heavy atom. The number of morpholine rings is 1. The van der Waals surface area contributed by atoms with E-state index in [1.807, 2.05) is 12.1 Å². The highest BCUT2D eigenvalue weighted by Crippen LogP contribution is 2.29. The fraction of sp³-hybridized carbons (Fsp3) is 0.444. The Labute approximate surface area is 152 Å². The maximum atomic E-state index is 12.5. The largest absolute Gasteiger partial charge is 0.443 e. The molecule has 1 aromatic heterocycles. The highest BCUT2D eigenvalue weighted by molar-refractivity contribution is 6.33. The quantitative estimate of drug-likeness (QED) is 0.884. The minimum absolute atomic E-state index is 0.0282. The lowest BCUT2D eigenvalue weighted by molar-refractivity contribution is -0.0498. The van der Waals surface area contributed by atoms with Gasteiger partial charge in [-0.25, -0.2) is 4.98 Å². The summed E-state index contributed by atoms with van der Waals surface area (Å²) in [6, 6.07) is 7.22. The fourth-order valence-corrected chi connectivity index (χ4v) is 3.16. The third-order valence-electron chi connectivity index (χ3n) is 4.39. The molecule has 0 unspecified atom stereocenters. The van der Waals surface area contributed by atoms with Crippen molar-refractivity contribution in [1.82, 2.24) is 15.2 Å². The number of rotatable bonds is 5. The van der Waals surface area contributed by atoms with Gasteiger partial charge < -0.3 is 14.5 Å². The first-order chi connectivity index (χ1) is 12.0. The summed E-state index contributed by atoms with van der Waals surface area (Å²) in [5, 5.41) is 3.43. The van der Waals surface area contributed by atoms with Crippen LogP contribution < -0.4 is 5.32 Å². The van der Waals surface area contributed by atoms with Crippen molar-refractivity contribution in [3.63, 3.8) is 0 Å². The predicted molar refractivity (Wildman–Crippen MR) is 95.8 cm³/mol. The van der Waals surface area contributed by atoms with E-state index in [1.165, 1.54) is 6.39 Å². The van der Waals surface area contributed by atoms with Crippen molar-refractivity contribution in [2.75, 3.05) is 32.8 Å². The molecule has 2 aromatic rings. The van der Waals surface area contributed by atoms with Crippen molar-refractivity contribution in [2.45, 2.75) is 19.4 Å². The van der Waals surface area contributed by atoms with Crippen LogP contribution in [-0.2, 0) is 4.74 Å². The van der Waals surface area contributed by atoms with Gasteiger partial charge in [0.25, 0.3) is 5.91 Å². The van der Waals surface area contributed by atoms with Crippen molar-refractivity contribution < 1.29 is 13.9 Å². The standard InChI is InChI=1S/C18H22ClN3O3/c1-18(2)11-24-10-9-22(18)8-7-20-17(23)15-16(25-12-21-15)13-5-3-4-6-14(13)19/h3-6,12H,7-11H2,1-2H3,(H,20,23). The van der Waals surface area contributed by atoms with Gasteiger partial charge in [-0.1, -0.05) is 23.7 Å². The second kappa shape index (κ2) is 7.56. The molecule has 2 heterocycles. The molecule has 0 bridgehead atoms. The number of oxazole rings is 1. The van der Waals surface area contributed by atoms with Crippen molar-refractivity contribution in [3.8, 4) is 11.3 Å². The third kappa shape index (κ3) is 4.03. The van der Waals surface area contributed by atoms with Gasteiger partial charge in [-0.2, -0.15) is 0 Å². The molecule has 1 aromatic carbocycles. The van der Waals surface area contributed by atoms with E-state index in [2.05, 4.69) is 29.0 Å². The number of amides is 1. The third-order valence-corrected chi connectivity index (χ3v) is 4.71. The number of benzene rings is 1. The maximum absolute atomic E-state index is 12.5. The van der Waals surface area contributed by atoms with E-state index >= 15 is 0 Å². The molecular formula is C18H22ClN3O3. The molecule has 0 radical (unpaired) electrons. The van der Waals surface area contributed by atoms with E-state index in [4.69, 9.17) is 20.8 Å². The minimum atomic E-state index is -0.269. The maximum Gasteiger partial charge on any atom is 0.273 e. The molecular weight excluding hydrogens is 342 g/mol. The van der Waals surface area contributed by atoms with Crippen LogP contribution in [0.4, 0.5) is 0 Å². The zero-order chi connectivity index (χ0) is 17.9. The van der Waals surface area contributed by atoms with Crippen LogP contribution in [0.2, 0.25) is 5.02 Å². The van der Waals surface area contributed by atoms with Gasteiger partial charge in [-0.05, 0) is 26.0 Å². The first-order valence-corrected chi connectivity index (χ1v) is 8.66. The van der Waals surface area contributed by atoms with E-state index in [0.717, 1.165) is 19.7 Å². The summed E-state index contributed by atoms with van der Waals surface area (Å²) in [6.07, 6.45) is 1.26. The van der Waals surface area contributed by atoms with Gasteiger partial charge in [0.2, 0.25) is 0 Å². The van der Waals surface area contributed by atoms with Gasteiger partial charge in [0.1, 0.15) is 0 Å². The number of carbonyl (C=O) groups is 1. The first kappa shape index (κ1) is 17.9. The number of hydrogen-bond donors (Lipinski definition) is 1. The van der Waals surface area contributed by atoms with Gasteiger partial charge in [-0.15, -0.1) is 0 Å². The zero-order valence-electron chi connectivity index (χ0n) is 14.4. The van der Waals surface area contributed by atoms with Crippen LogP contribution in [0.15, 0.2) is 35.1 Å². The number of nitrogens with one attached hydrogen (secondary N) is 1. The second-order valence-electron chi connectivity index (χ2n) is 6.62. The Balaban J connectivity index is 1.63. The molecule has 3 rings (SSSR count). The molecule has 0 spiro atoms. The Morgan fingerprint density at radius 3 is 2.96 bits per heavy atom. The van der Waals surface area contributed by atoms with Crippen LogP contribution in [0.3, 0.4) is 0 Å². The highest BCUT2D eigenvalue weighted by Gasteiger charge is 2.30. The van der Waals surface area contributed by atoms with Crippen molar-refractivity contribution in [2.24, 2.45) is 0 Å². The normalized spacial score (nSPS) is 17.4. The summed E-state index contributed by atoms with van der Waals surface area (Å²) in [4.78, 5) is 18.9. The second-order valence-corrected chi connectivity index (χ2v) is 7.03. The van der Waals surface area contributed by atoms with E-state index in [0.29, 0.717) is 29.5 Å². The molecule has 0 aliphatic carbocycles. The van der Waals surface area contributed by atoms with Gasteiger partial charge in [0, 0.05) is 30.7 Å². The Kier molecular flexibility index (Phi) is 5.42. The van der Waals surface area contributed by atoms with Crippen LogP contribution >= 0.6 is 11.6 Å². The zero-order valence-corrected chi connectivity index (χ0v) is 15.2. The number of nitrogens with zero attached hydrogens (tertiary/aromatic N) is 2. The summed E-state index contributed by atoms with van der Waals surface area (Å²) in [5.74, 6) is 0.115. The van der Waals surface area contributed by atoms with E-state index in [9.17, 15) is 4.79 Å². The van der Waals surface area contributed by atoms with Gasteiger partial charge >= 0.3 is 0 Å². The molecule has 25 heavy (non-hydrogen) atoms. The van der Waals surface area contributed by atoms with Gasteiger partial charge in [0.05, 0.1) is 18.2 Å². The summed E-state index contributed by atoms with van der Waals surface area (Å²) in [7, 11) is 0. The molecule has 1 aliphatic heterocycles. The molecule has 1 fully saturated rings. The van der Waals surface area contributed by atoms with E-state index in [1.54, 1.807) is 12.1 Å². The summed E-state index contributed by atoms with van der Waals surface area (Å²) in [5.41, 5.74) is 0.870. The smallest absolute Gasteiger partial charge is 0.273 e. The highest BCUT2D eigenvalue weighted by atomic mass is 35.5. The molecule has 1 saturated heterocycles. The van der Waals surface area contributed by atoms with Crippen LogP contribution in [0.5, 0.6) is 0 Å². The average Bonchev–Trinajstić information content (AvgIpc) is 3.06. The Bertz CT molecular complexity index is 745. The molecule has 134 valence electrons. The number of carbonyl (C=O) groups excluding carboxylic acids is 1. The molecule has 0 saturated carbocycles. The lowest BCUT2D eigenvalue weighted by Gasteiger charge is -2.42. The Morgan fingerprint density at radius 1 is 1.40 bits per heavy atom. The predicted octanol–water partition coefficient (Wildman–Crippen LogP) is 2.84. The van der Waals surface area contributed by atoms with Crippen LogP contribution in [0, 0.1) is 0 Å². The SMILES string of the molecule is CC1(C)COCCN1CCNC(=O)c1ncoc1-c1ccccc1Cl. The summed E-state index contributed by atoms with van der Waals surface area (Å²) < 4.78 is 10.9. The molecule has 1 N–H and O–H groups in total. The number of hydrogen-bond acceptors (Lipinski definition) is 5. The lowest BCUT2D eigenvalue weighted by atomic mass is 10.0. The van der Waals surface area contributed by atoms with Crippen molar-refractivity contribution in [1.29, 1.82) is 0 Å². The van der Waals surface area contributed by atoms with Crippen molar-refractivity contribution in [3.05, 3.63) is 41.4 Å². The number of halogens is 1. The van der Waals surface area contributed by atoms with E-state index < -0.39 is 0 Å². The number of ether oxygens (including phenoxy) is 1. The average molecular weight is 364 g/mol. The Hall–Kier alpha value is -1.89. The monoisotopic (exact) mass is 363 g/mol. The molecule has 1 amide bonds. The van der Waals surface area contributed by atoms with Gasteiger partial charge in [-0.3, -0.25) is 9.69 Å². The molecule has 0 atom stereocenters. The summed E-state index contributed by atoms with van der Waals surface area (Å²) in [6.45, 7) is 7.83. The van der Waals surface area contributed by atoms with E-state index in [-0.39, 0.29) is 17.1 Å².